The number of aryl methyl sites for hydroxylation is 1. The zero-order valence-electron chi connectivity index (χ0n) is 17.8. The van der Waals surface area contributed by atoms with Crippen molar-refractivity contribution in [3.05, 3.63) is 65.2 Å². The number of aliphatic imine (C=N–C) groups is 1. The van der Waals surface area contributed by atoms with Crippen LogP contribution in [0.2, 0.25) is 0 Å². The van der Waals surface area contributed by atoms with Gasteiger partial charge in [0.15, 0.2) is 5.96 Å². The molecule has 2 aromatic carbocycles. The van der Waals surface area contributed by atoms with Crippen LogP contribution in [0.3, 0.4) is 0 Å². The van der Waals surface area contributed by atoms with Crippen molar-refractivity contribution in [1.29, 1.82) is 0 Å². The summed E-state index contributed by atoms with van der Waals surface area (Å²) in [5.74, 6) is 2.13. The molecule has 2 unspecified atom stereocenters. The molecule has 2 aromatic rings. The van der Waals surface area contributed by atoms with Crippen molar-refractivity contribution in [2.45, 2.75) is 39.3 Å². The standard InChI is InChI=1S/C24H33N3O2/c1-4-28-22-10-6-5-8-20(22)16-26-24(25-3)27-17-21-9-7-15-29-23(21)19-13-11-18(2)12-14-19/h5-6,8,10-14,21,23H,4,7,9,15-17H2,1-3H3,(H2,25,26,27). The lowest BCUT2D eigenvalue weighted by molar-refractivity contribution is -0.0265. The molecule has 0 saturated carbocycles. The van der Waals surface area contributed by atoms with Crippen molar-refractivity contribution < 1.29 is 9.47 Å². The maximum absolute atomic E-state index is 6.14. The molecule has 0 aromatic heterocycles. The van der Waals surface area contributed by atoms with Crippen molar-refractivity contribution in [2.75, 3.05) is 26.8 Å². The predicted molar refractivity (Wildman–Crippen MR) is 118 cm³/mol. The molecule has 2 atom stereocenters. The summed E-state index contributed by atoms with van der Waals surface area (Å²) in [6.45, 7) is 7.09. The molecule has 0 spiro atoms. The molecule has 3 rings (SSSR count). The van der Waals surface area contributed by atoms with Crippen LogP contribution in [-0.4, -0.2) is 32.8 Å². The summed E-state index contributed by atoms with van der Waals surface area (Å²) in [7, 11) is 1.80. The van der Waals surface area contributed by atoms with Crippen LogP contribution in [0.15, 0.2) is 53.5 Å². The average Bonchev–Trinajstić information content (AvgIpc) is 2.76. The molecular weight excluding hydrogens is 362 g/mol. The van der Waals surface area contributed by atoms with E-state index in [2.05, 4.69) is 52.9 Å². The quantitative estimate of drug-likeness (QED) is 0.544. The van der Waals surface area contributed by atoms with E-state index >= 15 is 0 Å². The first-order valence-corrected chi connectivity index (χ1v) is 10.5. The fraction of sp³-hybridized carbons (Fsp3) is 0.458. The smallest absolute Gasteiger partial charge is 0.191 e. The molecular formula is C24H33N3O2. The van der Waals surface area contributed by atoms with E-state index in [0.717, 1.165) is 43.3 Å². The molecule has 0 radical (unpaired) electrons. The maximum Gasteiger partial charge on any atom is 0.191 e. The number of para-hydroxylation sites is 1. The van der Waals surface area contributed by atoms with Gasteiger partial charge in [-0.3, -0.25) is 4.99 Å². The highest BCUT2D eigenvalue weighted by Crippen LogP contribution is 2.33. The molecule has 1 aliphatic heterocycles. The van der Waals surface area contributed by atoms with E-state index in [-0.39, 0.29) is 6.10 Å². The molecule has 1 heterocycles. The number of benzene rings is 2. The van der Waals surface area contributed by atoms with Crippen LogP contribution in [0, 0.1) is 12.8 Å². The minimum Gasteiger partial charge on any atom is -0.494 e. The van der Waals surface area contributed by atoms with Gasteiger partial charge in [-0.2, -0.15) is 0 Å². The molecule has 29 heavy (non-hydrogen) atoms. The molecule has 156 valence electrons. The van der Waals surface area contributed by atoms with E-state index < -0.39 is 0 Å². The van der Waals surface area contributed by atoms with E-state index in [4.69, 9.17) is 9.47 Å². The van der Waals surface area contributed by atoms with Crippen LogP contribution in [0.1, 0.15) is 42.6 Å². The van der Waals surface area contributed by atoms with Gasteiger partial charge in [-0.25, -0.2) is 0 Å². The van der Waals surface area contributed by atoms with Gasteiger partial charge in [0.05, 0.1) is 12.7 Å². The number of hydrogen-bond acceptors (Lipinski definition) is 3. The van der Waals surface area contributed by atoms with Gasteiger partial charge in [0.2, 0.25) is 0 Å². The minimum atomic E-state index is 0.133. The van der Waals surface area contributed by atoms with Gasteiger partial charge in [-0.05, 0) is 38.3 Å². The molecule has 5 heteroatoms. The Morgan fingerprint density at radius 2 is 1.93 bits per heavy atom. The lowest BCUT2D eigenvalue weighted by atomic mass is 9.89. The number of nitrogens with one attached hydrogen (secondary N) is 2. The summed E-state index contributed by atoms with van der Waals surface area (Å²) in [5, 5.41) is 6.89. The molecule has 1 saturated heterocycles. The summed E-state index contributed by atoms with van der Waals surface area (Å²) in [6, 6.07) is 16.8. The first-order valence-electron chi connectivity index (χ1n) is 10.5. The van der Waals surface area contributed by atoms with Crippen LogP contribution in [0.5, 0.6) is 5.75 Å². The molecule has 5 nitrogen and oxygen atoms in total. The highest BCUT2D eigenvalue weighted by molar-refractivity contribution is 5.79. The molecule has 0 bridgehead atoms. The van der Waals surface area contributed by atoms with E-state index in [9.17, 15) is 0 Å². The Hall–Kier alpha value is -2.53. The second-order valence-corrected chi connectivity index (χ2v) is 7.45. The Labute approximate surface area is 174 Å². The van der Waals surface area contributed by atoms with Crippen molar-refractivity contribution in [3.63, 3.8) is 0 Å². The van der Waals surface area contributed by atoms with Crippen molar-refractivity contribution in [2.24, 2.45) is 10.9 Å². The number of guanidine groups is 1. The summed E-state index contributed by atoms with van der Waals surface area (Å²) >= 11 is 0. The third-order valence-electron chi connectivity index (χ3n) is 5.32. The van der Waals surface area contributed by atoms with Crippen LogP contribution in [0.25, 0.3) is 0 Å². The SMILES string of the molecule is CCOc1ccccc1CNC(=NC)NCC1CCCOC1c1ccc(C)cc1. The Morgan fingerprint density at radius 1 is 1.14 bits per heavy atom. The summed E-state index contributed by atoms with van der Waals surface area (Å²) in [5.41, 5.74) is 3.66. The third kappa shape index (κ3) is 5.97. The first-order chi connectivity index (χ1) is 14.2. The molecule has 0 aliphatic carbocycles. The highest BCUT2D eigenvalue weighted by Gasteiger charge is 2.27. The van der Waals surface area contributed by atoms with Crippen molar-refractivity contribution in [3.8, 4) is 5.75 Å². The first kappa shape index (κ1) is 21.2. The van der Waals surface area contributed by atoms with Crippen molar-refractivity contribution in [1.82, 2.24) is 10.6 Å². The summed E-state index contributed by atoms with van der Waals surface area (Å²) < 4.78 is 11.9. The second-order valence-electron chi connectivity index (χ2n) is 7.45. The normalized spacial score (nSPS) is 19.6. The zero-order chi connectivity index (χ0) is 20.5. The molecule has 1 fully saturated rings. The van der Waals surface area contributed by atoms with Crippen LogP contribution < -0.4 is 15.4 Å². The molecule has 1 aliphatic rings. The van der Waals surface area contributed by atoms with Gasteiger partial charge in [0, 0.05) is 38.2 Å². The Kier molecular flexibility index (Phi) is 7.94. The average molecular weight is 396 g/mol. The summed E-state index contributed by atoms with van der Waals surface area (Å²) in [6.07, 6.45) is 2.38. The fourth-order valence-corrected chi connectivity index (χ4v) is 3.75. The van der Waals surface area contributed by atoms with Gasteiger partial charge in [-0.15, -0.1) is 0 Å². The van der Waals surface area contributed by atoms with Crippen LogP contribution in [0.4, 0.5) is 0 Å². The Balaban J connectivity index is 1.57. The summed E-state index contributed by atoms with van der Waals surface area (Å²) in [4.78, 5) is 4.39. The van der Waals surface area contributed by atoms with E-state index in [1.54, 1.807) is 7.05 Å². The fourth-order valence-electron chi connectivity index (χ4n) is 3.75. The van der Waals surface area contributed by atoms with Gasteiger partial charge in [0.1, 0.15) is 5.75 Å². The van der Waals surface area contributed by atoms with E-state index in [1.807, 2.05) is 25.1 Å². The maximum atomic E-state index is 6.14. The monoisotopic (exact) mass is 395 g/mol. The van der Waals surface area contributed by atoms with E-state index in [1.165, 1.54) is 11.1 Å². The Bertz CT molecular complexity index is 789. The zero-order valence-corrected chi connectivity index (χ0v) is 17.8. The topological polar surface area (TPSA) is 54.9 Å². The van der Waals surface area contributed by atoms with Gasteiger partial charge >= 0.3 is 0 Å². The Morgan fingerprint density at radius 3 is 2.69 bits per heavy atom. The van der Waals surface area contributed by atoms with E-state index in [0.29, 0.717) is 19.1 Å². The van der Waals surface area contributed by atoms with Gasteiger partial charge in [0.25, 0.3) is 0 Å². The van der Waals surface area contributed by atoms with Crippen molar-refractivity contribution >= 4 is 5.96 Å². The van der Waals surface area contributed by atoms with Crippen LogP contribution in [-0.2, 0) is 11.3 Å². The lowest BCUT2D eigenvalue weighted by Crippen LogP contribution is -2.41. The minimum absolute atomic E-state index is 0.133. The number of nitrogens with zero attached hydrogens (tertiary/aromatic N) is 1. The predicted octanol–water partition coefficient (Wildman–Crippen LogP) is 4.23. The van der Waals surface area contributed by atoms with Gasteiger partial charge < -0.3 is 20.1 Å². The molecule has 2 N–H and O–H groups in total. The van der Waals surface area contributed by atoms with Gasteiger partial charge in [-0.1, -0.05) is 48.0 Å². The lowest BCUT2D eigenvalue weighted by Gasteiger charge is -2.32. The molecule has 0 amide bonds. The second kappa shape index (κ2) is 10.9. The third-order valence-corrected chi connectivity index (χ3v) is 5.32. The number of hydrogen-bond donors (Lipinski definition) is 2. The number of rotatable bonds is 7. The van der Waals surface area contributed by atoms with Crippen LogP contribution >= 0.6 is 0 Å². The largest absolute Gasteiger partial charge is 0.494 e. The highest BCUT2D eigenvalue weighted by atomic mass is 16.5. The number of ether oxygens (including phenoxy) is 2.